The molecular weight excluding hydrogens is 263 g/mol. The molecule has 6 heteroatoms. The molecule has 0 spiro atoms. The van der Waals surface area contributed by atoms with Gasteiger partial charge in [0.15, 0.2) is 0 Å². The fourth-order valence-electron chi connectivity index (χ4n) is 1.34. The van der Waals surface area contributed by atoms with Gasteiger partial charge in [-0.1, -0.05) is 11.8 Å². The molecule has 1 aromatic rings. The Labute approximate surface area is 117 Å². The Morgan fingerprint density at radius 1 is 1.45 bits per heavy atom. The van der Waals surface area contributed by atoms with Crippen LogP contribution in [0.1, 0.15) is 5.56 Å². The lowest BCUT2D eigenvalue weighted by molar-refractivity contribution is -0.121. The van der Waals surface area contributed by atoms with Crippen molar-refractivity contribution in [2.75, 3.05) is 38.8 Å². The van der Waals surface area contributed by atoms with Gasteiger partial charge in [0.1, 0.15) is 12.4 Å². The Kier molecular flexibility index (Phi) is 7.29. The van der Waals surface area contributed by atoms with E-state index in [0.29, 0.717) is 18.9 Å². The minimum absolute atomic E-state index is 0.111. The van der Waals surface area contributed by atoms with Crippen molar-refractivity contribution < 1.29 is 18.7 Å². The average Bonchev–Trinajstić information content (AvgIpc) is 2.43. The first-order valence-electron chi connectivity index (χ1n) is 6.02. The molecular formula is C14H17FN2O3. The number of carbonyl (C=O) groups is 1. The van der Waals surface area contributed by atoms with Crippen LogP contribution in [-0.2, 0) is 14.3 Å². The number of halogens is 1. The monoisotopic (exact) mass is 280 g/mol. The number of rotatable bonds is 6. The van der Waals surface area contributed by atoms with Gasteiger partial charge in [-0.2, -0.15) is 0 Å². The Balaban J connectivity index is 2.52. The maximum atomic E-state index is 13.6. The number of nitrogens with one attached hydrogen (secondary N) is 1. The van der Waals surface area contributed by atoms with Gasteiger partial charge in [0.2, 0.25) is 5.91 Å². The van der Waals surface area contributed by atoms with Crippen LogP contribution in [0, 0.1) is 17.7 Å². The van der Waals surface area contributed by atoms with Crippen molar-refractivity contribution in [3.05, 3.63) is 29.6 Å². The van der Waals surface area contributed by atoms with Gasteiger partial charge in [0, 0.05) is 12.8 Å². The number of ether oxygens (including phenoxy) is 2. The van der Waals surface area contributed by atoms with Gasteiger partial charge in [-0.15, -0.1) is 0 Å². The highest BCUT2D eigenvalue weighted by Gasteiger charge is 2.05. The van der Waals surface area contributed by atoms with Crippen molar-refractivity contribution in [3.8, 4) is 11.8 Å². The molecule has 108 valence electrons. The van der Waals surface area contributed by atoms with Gasteiger partial charge in [0.25, 0.3) is 0 Å². The van der Waals surface area contributed by atoms with Crippen LogP contribution in [0.2, 0.25) is 0 Å². The predicted molar refractivity (Wildman–Crippen MR) is 73.7 cm³/mol. The van der Waals surface area contributed by atoms with Crippen LogP contribution in [0.15, 0.2) is 18.2 Å². The molecule has 0 radical (unpaired) electrons. The zero-order chi connectivity index (χ0) is 14.8. The number of methoxy groups -OCH3 is 1. The second kappa shape index (κ2) is 9.04. The summed E-state index contributed by atoms with van der Waals surface area (Å²) in [5.74, 6) is 4.29. The molecule has 1 rings (SSSR count). The van der Waals surface area contributed by atoms with Gasteiger partial charge in [-0.25, -0.2) is 4.39 Å². The number of amides is 1. The second-order valence-corrected chi connectivity index (χ2v) is 3.79. The van der Waals surface area contributed by atoms with E-state index in [1.54, 1.807) is 13.2 Å². The molecule has 0 unspecified atom stereocenters. The van der Waals surface area contributed by atoms with E-state index in [0.717, 1.165) is 0 Å². The molecule has 1 aromatic carbocycles. The Bertz CT molecular complexity index is 509. The van der Waals surface area contributed by atoms with E-state index in [4.69, 9.17) is 15.2 Å². The molecule has 20 heavy (non-hydrogen) atoms. The smallest absolute Gasteiger partial charge is 0.250 e. The number of hydrogen-bond acceptors (Lipinski definition) is 4. The lowest BCUT2D eigenvalue weighted by atomic mass is 10.2. The second-order valence-electron chi connectivity index (χ2n) is 3.79. The molecule has 0 aromatic heterocycles. The molecule has 0 atom stereocenters. The van der Waals surface area contributed by atoms with Gasteiger partial charge in [-0.05, 0) is 18.2 Å². The van der Waals surface area contributed by atoms with E-state index in [2.05, 4.69) is 17.2 Å². The highest BCUT2D eigenvalue weighted by atomic mass is 19.1. The van der Waals surface area contributed by atoms with Crippen molar-refractivity contribution >= 4 is 11.6 Å². The SMILES string of the molecule is COCCOCC(=O)Nc1ccc(C#CCN)c(F)c1. The normalized spacial score (nSPS) is 9.75. The molecule has 0 aliphatic carbocycles. The van der Waals surface area contributed by atoms with Crippen LogP contribution in [-0.4, -0.2) is 39.4 Å². The summed E-state index contributed by atoms with van der Waals surface area (Å²) in [4.78, 5) is 11.5. The standard InChI is InChI=1S/C14H17FN2O3/c1-19-7-8-20-10-14(18)17-12-5-4-11(3-2-6-16)13(15)9-12/h4-5,9H,6-8,10,16H2,1H3,(H,17,18). The molecule has 0 saturated heterocycles. The van der Waals surface area contributed by atoms with E-state index in [9.17, 15) is 9.18 Å². The van der Waals surface area contributed by atoms with Crippen molar-refractivity contribution in [1.82, 2.24) is 0 Å². The quantitative estimate of drug-likeness (QED) is 0.595. The Morgan fingerprint density at radius 3 is 2.90 bits per heavy atom. The lowest BCUT2D eigenvalue weighted by Crippen LogP contribution is -2.19. The summed E-state index contributed by atoms with van der Waals surface area (Å²) < 4.78 is 23.5. The lowest BCUT2D eigenvalue weighted by Gasteiger charge is -2.06. The van der Waals surface area contributed by atoms with Crippen LogP contribution in [0.3, 0.4) is 0 Å². The van der Waals surface area contributed by atoms with E-state index in [1.165, 1.54) is 12.1 Å². The molecule has 1 amide bonds. The minimum Gasteiger partial charge on any atom is -0.382 e. The van der Waals surface area contributed by atoms with E-state index >= 15 is 0 Å². The fraction of sp³-hybridized carbons (Fsp3) is 0.357. The van der Waals surface area contributed by atoms with Crippen molar-refractivity contribution in [2.24, 2.45) is 5.73 Å². The number of carbonyl (C=O) groups excluding carboxylic acids is 1. The van der Waals surface area contributed by atoms with Crippen LogP contribution in [0.25, 0.3) is 0 Å². The topological polar surface area (TPSA) is 73.6 Å². The van der Waals surface area contributed by atoms with Crippen LogP contribution in [0.4, 0.5) is 10.1 Å². The van der Waals surface area contributed by atoms with Crippen molar-refractivity contribution in [2.45, 2.75) is 0 Å². The maximum absolute atomic E-state index is 13.6. The summed E-state index contributed by atoms with van der Waals surface area (Å²) in [7, 11) is 1.54. The highest BCUT2D eigenvalue weighted by Crippen LogP contribution is 2.13. The molecule has 5 nitrogen and oxygen atoms in total. The molecule has 0 saturated carbocycles. The van der Waals surface area contributed by atoms with E-state index < -0.39 is 5.82 Å². The van der Waals surface area contributed by atoms with Crippen LogP contribution in [0.5, 0.6) is 0 Å². The largest absolute Gasteiger partial charge is 0.382 e. The number of hydrogen-bond donors (Lipinski definition) is 2. The van der Waals surface area contributed by atoms with Crippen molar-refractivity contribution in [3.63, 3.8) is 0 Å². The first-order chi connectivity index (χ1) is 9.67. The van der Waals surface area contributed by atoms with Crippen LogP contribution >= 0.6 is 0 Å². The maximum Gasteiger partial charge on any atom is 0.250 e. The van der Waals surface area contributed by atoms with Gasteiger partial charge < -0.3 is 20.5 Å². The minimum atomic E-state index is -0.510. The fourth-order valence-corrected chi connectivity index (χ4v) is 1.34. The third-order valence-corrected chi connectivity index (χ3v) is 2.24. The molecule has 0 aliphatic rings. The molecule has 0 heterocycles. The summed E-state index contributed by atoms with van der Waals surface area (Å²) in [6, 6.07) is 4.25. The highest BCUT2D eigenvalue weighted by molar-refractivity contribution is 5.91. The summed E-state index contributed by atoms with van der Waals surface area (Å²) >= 11 is 0. The van der Waals surface area contributed by atoms with Crippen LogP contribution < -0.4 is 11.1 Å². The third-order valence-electron chi connectivity index (χ3n) is 2.24. The van der Waals surface area contributed by atoms with Gasteiger partial charge >= 0.3 is 0 Å². The summed E-state index contributed by atoms with van der Waals surface area (Å²) in [6.45, 7) is 0.790. The number of benzene rings is 1. The number of nitrogens with two attached hydrogens (primary N) is 1. The average molecular weight is 280 g/mol. The van der Waals surface area contributed by atoms with Gasteiger partial charge in [0.05, 0.1) is 25.3 Å². The Hall–Kier alpha value is -1.94. The van der Waals surface area contributed by atoms with Gasteiger partial charge in [-0.3, -0.25) is 4.79 Å². The summed E-state index contributed by atoms with van der Waals surface area (Å²) in [5, 5.41) is 2.53. The molecule has 3 N–H and O–H groups in total. The van der Waals surface area contributed by atoms with E-state index in [1.807, 2.05) is 0 Å². The zero-order valence-electron chi connectivity index (χ0n) is 11.2. The first kappa shape index (κ1) is 16.1. The molecule has 0 fully saturated rings. The summed E-state index contributed by atoms with van der Waals surface area (Å²) in [5.41, 5.74) is 5.80. The zero-order valence-corrected chi connectivity index (χ0v) is 11.2. The molecule has 0 bridgehead atoms. The Morgan fingerprint density at radius 2 is 2.25 bits per heavy atom. The number of anilines is 1. The molecule has 0 aliphatic heterocycles. The predicted octanol–water partition coefficient (Wildman–Crippen LogP) is 0.737. The first-order valence-corrected chi connectivity index (χ1v) is 6.02. The van der Waals surface area contributed by atoms with E-state index in [-0.39, 0.29) is 24.6 Å². The summed E-state index contributed by atoms with van der Waals surface area (Å²) in [6.07, 6.45) is 0. The van der Waals surface area contributed by atoms with Crippen molar-refractivity contribution in [1.29, 1.82) is 0 Å². The third kappa shape index (κ3) is 5.80.